The summed E-state index contributed by atoms with van der Waals surface area (Å²) in [4.78, 5) is 54.0. The van der Waals surface area contributed by atoms with E-state index in [1.54, 1.807) is 46.4 Å². The number of carbonyl (C=O) groups excluding carboxylic acids is 2. The van der Waals surface area contributed by atoms with E-state index in [9.17, 15) is 19.2 Å². The first-order valence-corrected chi connectivity index (χ1v) is 14.9. The van der Waals surface area contributed by atoms with E-state index in [-0.39, 0.29) is 46.7 Å². The molecule has 1 aromatic heterocycles. The van der Waals surface area contributed by atoms with Gasteiger partial charge in [0.2, 0.25) is 0 Å². The maximum Gasteiger partial charge on any atom is 0.427 e. The van der Waals surface area contributed by atoms with Crippen molar-refractivity contribution in [2.75, 3.05) is 23.4 Å². The highest BCUT2D eigenvalue weighted by Gasteiger charge is 2.39. The van der Waals surface area contributed by atoms with Crippen LogP contribution in [-0.2, 0) is 9.47 Å². The van der Waals surface area contributed by atoms with E-state index in [2.05, 4.69) is 10.7 Å². The Kier molecular flexibility index (Phi) is 8.17. The van der Waals surface area contributed by atoms with Crippen molar-refractivity contribution in [3.8, 4) is 0 Å². The van der Waals surface area contributed by atoms with Crippen molar-refractivity contribution < 1.29 is 23.5 Å². The van der Waals surface area contributed by atoms with Gasteiger partial charge in [0.15, 0.2) is 0 Å². The molecule has 2 heterocycles. The van der Waals surface area contributed by atoms with Gasteiger partial charge >= 0.3 is 17.9 Å². The first-order valence-electron chi connectivity index (χ1n) is 14.5. The molecule has 2 aromatic carbocycles. The molecule has 1 aliphatic carbocycles. The number of alkyl carbamates (subject to hydrolysis) is 1. The molecule has 13 heteroatoms. The van der Waals surface area contributed by atoms with Gasteiger partial charge in [-0.2, -0.15) is 4.68 Å². The van der Waals surface area contributed by atoms with E-state index in [0.29, 0.717) is 17.5 Å². The molecule has 2 atom stereocenters. The zero-order valence-corrected chi connectivity index (χ0v) is 26.3. The lowest BCUT2D eigenvalue weighted by molar-refractivity contribution is 0.0503. The second-order valence-electron chi connectivity index (χ2n) is 13.2. The number of anilines is 1. The third-order valence-corrected chi connectivity index (χ3v) is 7.68. The number of ether oxygens (including phenoxy) is 2. The van der Waals surface area contributed by atoms with Gasteiger partial charge in [0, 0.05) is 25.0 Å². The average Bonchev–Trinajstić information content (AvgIpc) is 3.66. The highest BCUT2D eigenvalue weighted by Crippen LogP contribution is 2.42. The van der Waals surface area contributed by atoms with Gasteiger partial charge in [-0.3, -0.25) is 9.36 Å². The third-order valence-electron chi connectivity index (χ3n) is 7.32. The van der Waals surface area contributed by atoms with Crippen LogP contribution in [0.4, 0.5) is 19.7 Å². The van der Waals surface area contributed by atoms with Crippen LogP contribution in [0.3, 0.4) is 0 Å². The maximum absolute atomic E-state index is 16.0. The number of benzene rings is 2. The standard InChI is InChI=1S/C31H37ClFN5O6/c1-30(2,3)43-27(40)34-22-16-36(15-20(22)17-10-8-7-9-11-17)25-21(33)14-19-24(23(25)32)37(18-12-13-18)29(42)38(26(19)39)35-28(41)44-31(4,5)6/h7-11,14,18,20,22H,12-13,15-16H2,1-6H3,(H,34,40)(H,35,41)/t20-,22+/m0/s1. The minimum absolute atomic E-state index is 0.0136. The summed E-state index contributed by atoms with van der Waals surface area (Å²) in [6, 6.07) is 9.81. The number of rotatable bonds is 5. The summed E-state index contributed by atoms with van der Waals surface area (Å²) in [7, 11) is 0. The monoisotopic (exact) mass is 629 g/mol. The van der Waals surface area contributed by atoms with E-state index >= 15 is 4.39 Å². The summed E-state index contributed by atoms with van der Waals surface area (Å²) < 4.78 is 28.6. The van der Waals surface area contributed by atoms with Crippen molar-refractivity contribution in [1.29, 1.82) is 0 Å². The number of nitrogens with zero attached hydrogens (tertiary/aromatic N) is 3. The molecule has 1 saturated carbocycles. The molecular formula is C31H37ClFN5O6. The van der Waals surface area contributed by atoms with Gasteiger partial charge in [0.1, 0.15) is 17.0 Å². The number of hydrogen-bond donors (Lipinski definition) is 2. The largest absolute Gasteiger partial charge is 0.444 e. The van der Waals surface area contributed by atoms with E-state index in [4.69, 9.17) is 21.1 Å². The van der Waals surface area contributed by atoms with Crippen molar-refractivity contribution >= 4 is 40.4 Å². The predicted molar refractivity (Wildman–Crippen MR) is 166 cm³/mol. The molecule has 0 radical (unpaired) electrons. The fraction of sp³-hybridized carbons (Fsp3) is 0.484. The fourth-order valence-corrected chi connectivity index (χ4v) is 5.89. The minimum Gasteiger partial charge on any atom is -0.444 e. The number of nitrogens with one attached hydrogen (secondary N) is 2. The highest BCUT2D eigenvalue weighted by atomic mass is 35.5. The summed E-state index contributed by atoms with van der Waals surface area (Å²) in [6.07, 6.45) is -0.320. The van der Waals surface area contributed by atoms with Crippen LogP contribution in [0.15, 0.2) is 46.0 Å². The highest BCUT2D eigenvalue weighted by molar-refractivity contribution is 6.38. The molecule has 2 amide bonds. The van der Waals surface area contributed by atoms with Crippen molar-refractivity contribution in [3.05, 3.63) is 73.6 Å². The molecule has 44 heavy (non-hydrogen) atoms. The molecule has 2 fully saturated rings. The number of hydrogen-bond acceptors (Lipinski definition) is 7. The molecule has 0 unspecified atom stereocenters. The molecular weight excluding hydrogens is 593 g/mol. The van der Waals surface area contributed by atoms with Crippen molar-refractivity contribution in [2.24, 2.45) is 0 Å². The summed E-state index contributed by atoms with van der Waals surface area (Å²) in [5.74, 6) is -1.03. The van der Waals surface area contributed by atoms with Gasteiger partial charge < -0.3 is 19.7 Å². The van der Waals surface area contributed by atoms with Crippen LogP contribution in [0.1, 0.15) is 71.9 Å². The maximum atomic E-state index is 16.0. The first-order chi connectivity index (χ1) is 20.5. The van der Waals surface area contributed by atoms with E-state index in [1.807, 2.05) is 30.3 Å². The van der Waals surface area contributed by atoms with Crippen LogP contribution in [0.2, 0.25) is 5.02 Å². The van der Waals surface area contributed by atoms with Crippen LogP contribution in [0.5, 0.6) is 0 Å². The summed E-state index contributed by atoms with van der Waals surface area (Å²) in [6.45, 7) is 10.7. The summed E-state index contributed by atoms with van der Waals surface area (Å²) >= 11 is 6.91. The predicted octanol–water partition coefficient (Wildman–Crippen LogP) is 5.27. The SMILES string of the molecule is CC(C)(C)OC(=O)N[C@@H]1CN(c2c(F)cc3c(=O)n(NC(=O)OC(C)(C)C)c(=O)n(C4CC4)c3c2Cl)C[C@H]1c1ccccc1. The molecule has 0 bridgehead atoms. The lowest BCUT2D eigenvalue weighted by Crippen LogP contribution is -2.48. The topological polar surface area (TPSA) is 124 Å². The Labute approximate surface area is 258 Å². The Morgan fingerprint density at radius 2 is 1.57 bits per heavy atom. The van der Waals surface area contributed by atoms with Gasteiger partial charge in [-0.1, -0.05) is 41.9 Å². The van der Waals surface area contributed by atoms with E-state index in [0.717, 1.165) is 11.6 Å². The zero-order valence-electron chi connectivity index (χ0n) is 25.6. The second-order valence-corrected chi connectivity index (χ2v) is 13.6. The van der Waals surface area contributed by atoms with E-state index in [1.165, 1.54) is 4.57 Å². The van der Waals surface area contributed by atoms with Crippen molar-refractivity contribution in [1.82, 2.24) is 14.6 Å². The summed E-state index contributed by atoms with van der Waals surface area (Å²) in [5, 5.41) is 2.66. The van der Waals surface area contributed by atoms with Crippen LogP contribution in [0.25, 0.3) is 10.9 Å². The number of aromatic nitrogens is 2. The number of amides is 2. The Hall–Kier alpha value is -4.06. The zero-order chi connectivity index (χ0) is 32.1. The number of fused-ring (bicyclic) bond motifs is 1. The molecule has 11 nitrogen and oxygen atoms in total. The minimum atomic E-state index is -1.01. The molecule has 5 rings (SSSR count). The Morgan fingerprint density at radius 3 is 2.16 bits per heavy atom. The van der Waals surface area contributed by atoms with Crippen LogP contribution in [0, 0.1) is 5.82 Å². The van der Waals surface area contributed by atoms with Crippen LogP contribution < -0.4 is 26.9 Å². The summed E-state index contributed by atoms with van der Waals surface area (Å²) in [5.41, 5.74) is -0.113. The van der Waals surface area contributed by atoms with Gasteiger partial charge in [0.05, 0.1) is 27.7 Å². The second kappa shape index (κ2) is 11.5. The molecule has 1 aliphatic heterocycles. The Morgan fingerprint density at radius 1 is 0.955 bits per heavy atom. The first kappa shape index (κ1) is 31.4. The fourth-order valence-electron chi connectivity index (χ4n) is 5.49. The lowest BCUT2D eigenvalue weighted by Gasteiger charge is -2.24. The van der Waals surface area contributed by atoms with Gasteiger partial charge in [-0.15, -0.1) is 0 Å². The third kappa shape index (κ3) is 6.54. The molecule has 1 saturated heterocycles. The Bertz CT molecular complexity index is 1720. The molecule has 236 valence electrons. The quantitative estimate of drug-likeness (QED) is 0.394. The van der Waals surface area contributed by atoms with Gasteiger partial charge in [-0.05, 0) is 66.0 Å². The van der Waals surface area contributed by atoms with Crippen molar-refractivity contribution in [3.63, 3.8) is 0 Å². The van der Waals surface area contributed by atoms with Crippen molar-refractivity contribution in [2.45, 2.75) is 83.6 Å². The number of halogens is 2. The van der Waals surface area contributed by atoms with Crippen LogP contribution in [-0.4, -0.2) is 51.8 Å². The number of carbonyl (C=O) groups is 2. The lowest BCUT2D eigenvalue weighted by atomic mass is 9.94. The van der Waals surface area contributed by atoms with E-state index < -0.39 is 46.5 Å². The molecule has 2 aliphatic rings. The van der Waals surface area contributed by atoms with Gasteiger partial charge in [-0.25, -0.2) is 24.2 Å². The molecule has 0 spiro atoms. The normalized spacial score (nSPS) is 18.8. The molecule has 2 N–H and O–H groups in total. The average molecular weight is 630 g/mol. The van der Waals surface area contributed by atoms with Crippen LogP contribution >= 0.6 is 11.6 Å². The molecule has 3 aromatic rings. The van der Waals surface area contributed by atoms with Gasteiger partial charge in [0.25, 0.3) is 5.56 Å². The Balaban J connectivity index is 1.58. The smallest absolute Gasteiger partial charge is 0.427 e.